The summed E-state index contributed by atoms with van der Waals surface area (Å²) < 4.78 is 4.93. The van der Waals surface area contributed by atoms with Gasteiger partial charge in [-0.15, -0.1) is 0 Å². The van der Waals surface area contributed by atoms with E-state index in [9.17, 15) is 29.4 Å². The van der Waals surface area contributed by atoms with Gasteiger partial charge in [0.25, 0.3) is 0 Å². The number of esters is 1. The van der Waals surface area contributed by atoms with Gasteiger partial charge in [0.1, 0.15) is 6.61 Å². The van der Waals surface area contributed by atoms with Gasteiger partial charge in [0.15, 0.2) is 11.7 Å². The van der Waals surface area contributed by atoms with Gasteiger partial charge in [-0.2, -0.15) is 0 Å². The van der Waals surface area contributed by atoms with Crippen molar-refractivity contribution in [3.63, 3.8) is 0 Å². The fourth-order valence-corrected chi connectivity index (χ4v) is 4.35. The Morgan fingerprint density at radius 2 is 1.37 bits per heavy atom. The Hall–Kier alpha value is -1.96. The molecule has 0 aromatic heterocycles. The molecule has 8 nitrogen and oxygen atoms in total. The van der Waals surface area contributed by atoms with Crippen molar-refractivity contribution in [2.45, 2.75) is 117 Å². The lowest BCUT2D eigenvalue weighted by Crippen LogP contribution is -2.43. The summed E-state index contributed by atoms with van der Waals surface area (Å²) in [4.78, 5) is 47.0. The lowest BCUT2D eigenvalue weighted by Gasteiger charge is -2.27. The Morgan fingerprint density at radius 1 is 0.800 bits per heavy atom. The van der Waals surface area contributed by atoms with Gasteiger partial charge in [0, 0.05) is 0 Å². The first-order chi connectivity index (χ1) is 16.9. The molecule has 0 aromatic carbocycles. The van der Waals surface area contributed by atoms with Crippen molar-refractivity contribution in [3.8, 4) is 0 Å². The second kappa shape index (κ2) is 21.3. The Balaban J connectivity index is 4.71. The summed E-state index contributed by atoms with van der Waals surface area (Å²) in [5.41, 5.74) is -1.70. The Bertz CT molecular complexity index is 596. The van der Waals surface area contributed by atoms with E-state index in [0.717, 1.165) is 51.4 Å². The fraction of sp³-hybridized carbons (Fsp3) is 0.852. The van der Waals surface area contributed by atoms with Gasteiger partial charge in [-0.3, -0.25) is 19.2 Å². The third-order valence-corrected chi connectivity index (χ3v) is 6.69. The zero-order valence-electron chi connectivity index (χ0n) is 22.0. The van der Waals surface area contributed by atoms with Crippen LogP contribution in [0.3, 0.4) is 0 Å². The molecule has 0 rings (SSSR count). The van der Waals surface area contributed by atoms with E-state index >= 15 is 0 Å². The SMILES string of the molecule is CCCCCCCCC(CCNCCC(CCCCCCCC)(C(=O)O)C(=O)OCC=O)C(=O)O. The van der Waals surface area contributed by atoms with Gasteiger partial charge in [-0.25, -0.2) is 0 Å². The standard InChI is InChI=1S/C27H49NO7/c1-3-5-7-9-11-13-15-23(24(30)31)16-19-28-20-18-27(25(32)33,26(34)35-22-21-29)17-14-12-10-8-6-4-2/h21,23,28H,3-20,22H2,1-2H3,(H,30,31)(H,32,33). The zero-order chi connectivity index (χ0) is 26.4. The highest BCUT2D eigenvalue weighted by Gasteiger charge is 2.46. The first kappa shape index (κ1) is 33.0. The number of carboxylic acids is 2. The minimum atomic E-state index is -1.70. The molecular weight excluding hydrogens is 450 g/mol. The van der Waals surface area contributed by atoms with Crippen LogP contribution in [0.15, 0.2) is 0 Å². The van der Waals surface area contributed by atoms with Crippen LogP contribution in [0.1, 0.15) is 117 Å². The number of ether oxygens (including phenoxy) is 1. The van der Waals surface area contributed by atoms with Crippen molar-refractivity contribution >= 4 is 24.2 Å². The molecule has 8 heteroatoms. The monoisotopic (exact) mass is 499 g/mol. The zero-order valence-corrected chi connectivity index (χ0v) is 22.0. The molecule has 35 heavy (non-hydrogen) atoms. The number of aliphatic carboxylic acids is 2. The van der Waals surface area contributed by atoms with E-state index in [1.807, 2.05) is 0 Å². The van der Waals surface area contributed by atoms with E-state index in [1.54, 1.807) is 0 Å². The minimum absolute atomic E-state index is 0.0319. The van der Waals surface area contributed by atoms with E-state index in [4.69, 9.17) is 4.74 Å². The van der Waals surface area contributed by atoms with Gasteiger partial charge in [-0.05, 0) is 38.8 Å². The van der Waals surface area contributed by atoms with Crippen molar-refractivity contribution in [1.82, 2.24) is 5.32 Å². The van der Waals surface area contributed by atoms with Crippen LogP contribution in [-0.2, 0) is 23.9 Å². The van der Waals surface area contributed by atoms with Gasteiger partial charge in [0.05, 0.1) is 5.92 Å². The molecule has 2 atom stereocenters. The van der Waals surface area contributed by atoms with E-state index in [1.165, 1.54) is 19.3 Å². The van der Waals surface area contributed by atoms with E-state index < -0.39 is 35.8 Å². The number of aldehydes is 1. The van der Waals surface area contributed by atoms with Crippen LogP contribution in [0.25, 0.3) is 0 Å². The second-order valence-electron chi connectivity index (χ2n) is 9.55. The summed E-state index contributed by atoms with van der Waals surface area (Å²) in [5, 5.41) is 22.6. The van der Waals surface area contributed by atoms with Crippen LogP contribution < -0.4 is 5.32 Å². The molecule has 3 N–H and O–H groups in total. The van der Waals surface area contributed by atoms with Gasteiger partial charge < -0.3 is 20.3 Å². The highest BCUT2D eigenvalue weighted by atomic mass is 16.5. The lowest BCUT2D eigenvalue weighted by molar-refractivity contribution is -0.170. The molecule has 204 valence electrons. The molecule has 2 unspecified atom stereocenters. The molecule has 0 spiro atoms. The van der Waals surface area contributed by atoms with Crippen molar-refractivity contribution in [2.24, 2.45) is 11.3 Å². The Kier molecular flexibility index (Phi) is 20.1. The van der Waals surface area contributed by atoms with Crippen molar-refractivity contribution in [3.05, 3.63) is 0 Å². The number of carboxylic acid groups (broad SMARTS) is 2. The van der Waals surface area contributed by atoms with Gasteiger partial charge >= 0.3 is 17.9 Å². The summed E-state index contributed by atoms with van der Waals surface area (Å²) in [7, 11) is 0. The third-order valence-electron chi connectivity index (χ3n) is 6.69. The largest absolute Gasteiger partial charge is 0.481 e. The summed E-state index contributed by atoms with van der Waals surface area (Å²) >= 11 is 0. The Morgan fingerprint density at radius 3 is 1.91 bits per heavy atom. The predicted molar refractivity (Wildman–Crippen MR) is 136 cm³/mol. The molecule has 0 fully saturated rings. The molecule has 0 heterocycles. The average molecular weight is 500 g/mol. The quantitative estimate of drug-likeness (QED) is 0.0661. The smallest absolute Gasteiger partial charge is 0.323 e. The summed E-state index contributed by atoms with van der Waals surface area (Å²) in [6.07, 6.45) is 14.1. The van der Waals surface area contributed by atoms with Gasteiger partial charge in [-0.1, -0.05) is 90.9 Å². The molecular formula is C27H49NO7. The lowest BCUT2D eigenvalue weighted by atomic mass is 9.79. The number of hydrogen-bond donors (Lipinski definition) is 3. The summed E-state index contributed by atoms with van der Waals surface area (Å²) in [6.45, 7) is 4.51. The first-order valence-corrected chi connectivity index (χ1v) is 13.6. The molecule has 0 saturated carbocycles. The molecule has 0 amide bonds. The van der Waals surface area contributed by atoms with Crippen LogP contribution >= 0.6 is 0 Å². The predicted octanol–water partition coefficient (Wildman–Crippen LogP) is 5.37. The van der Waals surface area contributed by atoms with Crippen LogP contribution in [0, 0.1) is 11.3 Å². The van der Waals surface area contributed by atoms with Crippen LogP contribution in [0.4, 0.5) is 0 Å². The summed E-state index contributed by atoms with van der Waals surface area (Å²) in [5.74, 6) is -3.35. The maximum atomic E-state index is 12.6. The number of hydrogen-bond acceptors (Lipinski definition) is 6. The molecule has 0 aliphatic carbocycles. The van der Waals surface area contributed by atoms with E-state index in [-0.39, 0.29) is 19.4 Å². The highest BCUT2D eigenvalue weighted by molar-refractivity contribution is 5.99. The van der Waals surface area contributed by atoms with Crippen LogP contribution in [0.5, 0.6) is 0 Å². The highest BCUT2D eigenvalue weighted by Crippen LogP contribution is 2.32. The number of unbranched alkanes of at least 4 members (excludes halogenated alkanes) is 10. The average Bonchev–Trinajstić information content (AvgIpc) is 2.83. The molecule has 0 aromatic rings. The van der Waals surface area contributed by atoms with Crippen molar-refractivity contribution < 1.29 is 34.1 Å². The molecule has 0 radical (unpaired) electrons. The Labute approximate surface area is 211 Å². The van der Waals surface area contributed by atoms with E-state index in [2.05, 4.69) is 19.2 Å². The number of carbonyl (C=O) groups excluding carboxylic acids is 2. The van der Waals surface area contributed by atoms with Crippen molar-refractivity contribution in [2.75, 3.05) is 19.7 Å². The normalized spacial score (nSPS) is 13.7. The maximum absolute atomic E-state index is 12.6. The minimum Gasteiger partial charge on any atom is -0.481 e. The second-order valence-corrected chi connectivity index (χ2v) is 9.55. The molecule has 0 saturated heterocycles. The molecule has 0 aliphatic heterocycles. The van der Waals surface area contributed by atoms with Gasteiger partial charge in [0.2, 0.25) is 0 Å². The number of carbonyl (C=O) groups is 4. The molecule has 0 bridgehead atoms. The molecule has 0 aliphatic rings. The first-order valence-electron chi connectivity index (χ1n) is 13.6. The third kappa shape index (κ3) is 14.9. The number of rotatable bonds is 25. The maximum Gasteiger partial charge on any atom is 0.323 e. The van der Waals surface area contributed by atoms with Crippen LogP contribution in [0.2, 0.25) is 0 Å². The summed E-state index contributed by atoms with van der Waals surface area (Å²) in [6, 6.07) is 0. The van der Waals surface area contributed by atoms with Crippen LogP contribution in [-0.4, -0.2) is 54.1 Å². The van der Waals surface area contributed by atoms with Crippen molar-refractivity contribution in [1.29, 1.82) is 0 Å². The topological polar surface area (TPSA) is 130 Å². The fourth-order valence-electron chi connectivity index (χ4n) is 4.35. The van der Waals surface area contributed by atoms with E-state index in [0.29, 0.717) is 32.1 Å². The number of nitrogens with one attached hydrogen (secondary N) is 1.